The van der Waals surface area contributed by atoms with Crippen LogP contribution in [0.1, 0.15) is 5.69 Å². The molecule has 0 saturated heterocycles. The van der Waals surface area contributed by atoms with Gasteiger partial charge in [0.1, 0.15) is 12.9 Å². The molecule has 0 aliphatic heterocycles. The molecule has 0 aromatic carbocycles. The molecule has 7 heteroatoms. The third-order valence-electron chi connectivity index (χ3n) is 1.55. The highest BCUT2D eigenvalue weighted by Crippen LogP contribution is 2.19. The zero-order valence-corrected chi connectivity index (χ0v) is 12.9. The van der Waals surface area contributed by atoms with Crippen LogP contribution in [-0.4, -0.2) is 18.0 Å². The summed E-state index contributed by atoms with van der Waals surface area (Å²) in [7, 11) is 0. The van der Waals surface area contributed by atoms with E-state index in [1.54, 1.807) is 2.90 Å². The van der Waals surface area contributed by atoms with Gasteiger partial charge in [-0.3, -0.25) is 0 Å². The molecule has 0 fully saturated rings. The first-order valence-electron chi connectivity index (χ1n) is 3.34. The van der Waals surface area contributed by atoms with Crippen molar-refractivity contribution in [1.82, 2.24) is 18.0 Å². The Bertz CT molecular complexity index is 436. The molecule has 0 unspecified atom stereocenters. The number of nitrogens with zero attached hydrogens (tertiary/aromatic N) is 4. The van der Waals surface area contributed by atoms with E-state index in [0.717, 1.165) is 24.3 Å². The summed E-state index contributed by atoms with van der Waals surface area (Å²) in [6, 6.07) is 0. The summed E-state index contributed by atoms with van der Waals surface area (Å²) in [5.41, 5.74) is 2.65. The highest BCUT2D eigenvalue weighted by molar-refractivity contribution is 14.1. The first-order valence-corrected chi connectivity index (χ1v) is 6.46. The normalized spacial score (nSPS) is 11.1. The second-order valence-corrected chi connectivity index (χ2v) is 5.38. The van der Waals surface area contributed by atoms with Gasteiger partial charge in [0.25, 0.3) is 0 Å². The van der Waals surface area contributed by atoms with Crippen LogP contribution in [0, 0.1) is 14.3 Å². The lowest BCUT2D eigenvalue weighted by molar-refractivity contribution is 1.02. The third-order valence-corrected chi connectivity index (χ3v) is 4.76. The van der Waals surface area contributed by atoms with E-state index in [1.165, 1.54) is 0 Å². The molecule has 0 aliphatic carbocycles. The van der Waals surface area contributed by atoms with Crippen molar-refractivity contribution >= 4 is 79.2 Å². The second kappa shape index (κ2) is 3.72. The monoisotopic (exact) mass is 512 g/mol. The molecule has 0 atom stereocenters. The first-order chi connectivity index (χ1) is 6.09. The molecule has 13 heavy (non-hydrogen) atoms. The smallest absolute Gasteiger partial charge is 0.188 e. The van der Waals surface area contributed by atoms with Gasteiger partial charge in [-0.25, -0.2) is 9.97 Å². The lowest BCUT2D eigenvalue weighted by atomic mass is 10.4. The molecule has 2 heterocycles. The average Bonchev–Trinajstić information content (AvgIpc) is 2.31. The van der Waals surface area contributed by atoms with E-state index in [4.69, 9.17) is 0 Å². The summed E-state index contributed by atoms with van der Waals surface area (Å²) in [5.74, 6) is 0. The van der Waals surface area contributed by atoms with Gasteiger partial charge in [0.05, 0.1) is 28.6 Å². The summed E-state index contributed by atoms with van der Waals surface area (Å²) in [5, 5.41) is 4.24. The minimum absolute atomic E-state index is 0.836. The van der Waals surface area contributed by atoms with Gasteiger partial charge in [-0.1, -0.05) is 0 Å². The van der Waals surface area contributed by atoms with Crippen LogP contribution in [0.4, 0.5) is 0 Å². The lowest BCUT2D eigenvalue weighted by Crippen LogP contribution is -1.93. The fourth-order valence-electron chi connectivity index (χ4n) is 0.984. The van der Waals surface area contributed by atoms with E-state index in [2.05, 4.69) is 83.1 Å². The van der Waals surface area contributed by atoms with E-state index in [0.29, 0.717) is 0 Å². The van der Waals surface area contributed by atoms with Crippen LogP contribution in [0.5, 0.6) is 0 Å². The van der Waals surface area contributed by atoms with E-state index in [-0.39, 0.29) is 0 Å². The number of hydrogen-bond acceptors (Lipinski definition) is 3. The zero-order chi connectivity index (χ0) is 9.59. The molecule has 0 N–H and O–H groups in total. The largest absolute Gasteiger partial charge is 0.234 e. The molecule has 68 valence electrons. The number of aryl methyl sites for hydroxylation is 1. The van der Waals surface area contributed by atoms with E-state index >= 15 is 0 Å². The minimum Gasteiger partial charge on any atom is -0.234 e. The van der Waals surface area contributed by atoms with Crippen molar-refractivity contribution in [2.75, 3.05) is 0 Å². The zero-order valence-electron chi connectivity index (χ0n) is 6.42. The first kappa shape index (κ1) is 10.3. The predicted octanol–water partition coefficient (Wildman–Crippen LogP) is 2.54. The predicted molar refractivity (Wildman–Crippen MR) is 74.9 cm³/mol. The Balaban J connectivity index is 2.91. The molecule has 2 aromatic heterocycles. The molecule has 0 aliphatic rings. The van der Waals surface area contributed by atoms with Crippen molar-refractivity contribution in [2.24, 2.45) is 0 Å². The van der Waals surface area contributed by atoms with Crippen LogP contribution >= 0.6 is 68.0 Å². The fourth-order valence-corrected chi connectivity index (χ4v) is 2.36. The maximum atomic E-state index is 4.42. The van der Waals surface area contributed by atoms with Gasteiger partial charge < -0.3 is 0 Å². The van der Waals surface area contributed by atoms with Crippen LogP contribution in [0.2, 0.25) is 0 Å². The topological polar surface area (TPSA) is 43.6 Å². The number of hydrogen-bond donors (Lipinski definition) is 0. The average molecular weight is 512 g/mol. The Morgan fingerprint density at radius 2 is 1.77 bits per heavy atom. The van der Waals surface area contributed by atoms with Gasteiger partial charge in [0, 0.05) is 0 Å². The molecule has 4 nitrogen and oxygen atoms in total. The van der Waals surface area contributed by atoms with E-state index in [9.17, 15) is 0 Å². The number of fused-ring (bicyclic) bond motifs is 1. The Morgan fingerprint density at radius 1 is 1.15 bits per heavy atom. The van der Waals surface area contributed by atoms with Crippen LogP contribution in [0.3, 0.4) is 0 Å². The summed E-state index contributed by atoms with van der Waals surface area (Å²) < 4.78 is 3.58. The minimum atomic E-state index is 0.836. The number of rotatable bonds is 0. The van der Waals surface area contributed by atoms with Crippen molar-refractivity contribution in [3.63, 3.8) is 0 Å². The lowest BCUT2D eigenvalue weighted by Gasteiger charge is -1.95. The molecule has 0 spiro atoms. The van der Waals surface area contributed by atoms with Crippen LogP contribution < -0.4 is 0 Å². The van der Waals surface area contributed by atoms with Crippen molar-refractivity contribution in [3.05, 3.63) is 13.1 Å². The number of aromatic nitrogens is 4. The van der Waals surface area contributed by atoms with E-state index in [1.807, 2.05) is 6.92 Å². The van der Waals surface area contributed by atoms with Crippen molar-refractivity contribution in [1.29, 1.82) is 0 Å². The maximum Gasteiger partial charge on any atom is 0.188 e. The quantitative estimate of drug-likeness (QED) is 0.511. The van der Waals surface area contributed by atoms with Crippen molar-refractivity contribution < 1.29 is 0 Å². The van der Waals surface area contributed by atoms with Gasteiger partial charge in [0.15, 0.2) is 5.65 Å². The van der Waals surface area contributed by atoms with E-state index < -0.39 is 0 Å². The Hall–Kier alpha value is 0.740. The summed E-state index contributed by atoms with van der Waals surface area (Å²) in [6.45, 7) is 1.94. The molecule has 0 bridgehead atoms. The standard InChI is InChI=1S/C6H3I3N4/c1-2-3-6(13(9)12-2)11-5(8)4(7)10-3/h1H3. The highest BCUT2D eigenvalue weighted by Gasteiger charge is 2.11. The van der Waals surface area contributed by atoms with Gasteiger partial charge >= 0.3 is 0 Å². The molecule has 0 amide bonds. The molecular formula is C6H3I3N4. The van der Waals surface area contributed by atoms with Crippen LogP contribution in [0.15, 0.2) is 0 Å². The maximum absolute atomic E-state index is 4.42. The summed E-state index contributed by atoms with van der Waals surface area (Å²) in [4.78, 5) is 8.83. The SMILES string of the molecule is Cc1nn(I)c2nc(I)c(I)nc12. The van der Waals surface area contributed by atoms with Gasteiger partial charge in [0.2, 0.25) is 0 Å². The second-order valence-electron chi connectivity index (χ2n) is 2.42. The fraction of sp³-hybridized carbons (Fsp3) is 0.167. The summed E-state index contributed by atoms with van der Waals surface area (Å²) in [6.07, 6.45) is 0. The van der Waals surface area contributed by atoms with Crippen LogP contribution in [-0.2, 0) is 0 Å². The third kappa shape index (κ3) is 1.78. The Labute approximate surface area is 116 Å². The molecule has 0 radical (unpaired) electrons. The van der Waals surface area contributed by atoms with Crippen molar-refractivity contribution in [3.8, 4) is 0 Å². The molecular weight excluding hydrogens is 509 g/mol. The molecule has 2 aromatic rings. The highest BCUT2D eigenvalue weighted by atomic mass is 127. The molecule has 0 saturated carbocycles. The Kier molecular flexibility index (Phi) is 2.93. The van der Waals surface area contributed by atoms with Gasteiger partial charge in [-0.15, -0.1) is 0 Å². The van der Waals surface area contributed by atoms with Crippen molar-refractivity contribution in [2.45, 2.75) is 6.92 Å². The van der Waals surface area contributed by atoms with Crippen LogP contribution in [0.25, 0.3) is 11.2 Å². The Morgan fingerprint density at radius 3 is 2.46 bits per heavy atom. The molecule has 2 rings (SSSR count). The number of halogens is 3. The summed E-state index contributed by atoms with van der Waals surface area (Å²) >= 11 is 6.46. The van der Waals surface area contributed by atoms with Gasteiger partial charge in [-0.05, 0) is 52.1 Å². The van der Waals surface area contributed by atoms with Gasteiger partial charge in [-0.2, -0.15) is 7.99 Å².